The minimum atomic E-state index is -4.77. The maximum atomic E-state index is 15.0. The molecule has 0 bridgehead atoms. The van der Waals surface area contributed by atoms with Crippen molar-refractivity contribution >= 4 is 17.6 Å². The zero-order valence-electron chi connectivity index (χ0n) is 25.1. The Kier molecular flexibility index (Phi) is 10.2. The number of likely N-dealkylation sites (tertiary alicyclic amines) is 2. The predicted octanol–water partition coefficient (Wildman–Crippen LogP) is 5.07. The van der Waals surface area contributed by atoms with Gasteiger partial charge in [-0.2, -0.15) is 0 Å². The average Bonchev–Trinajstić information content (AvgIpc) is 3.05. The number of carbonyl (C=O) groups excluding carboxylic acids is 3. The summed E-state index contributed by atoms with van der Waals surface area (Å²) in [6.07, 6.45) is -3.45. The minimum absolute atomic E-state index is 0.0394. The second-order valence-electron chi connectivity index (χ2n) is 11.4. The molecular weight excluding hydrogens is 608 g/mol. The van der Waals surface area contributed by atoms with Gasteiger partial charge < -0.3 is 19.7 Å². The maximum Gasteiger partial charge on any atom is 0.573 e. The third kappa shape index (κ3) is 8.39. The summed E-state index contributed by atoms with van der Waals surface area (Å²) in [6, 6.07) is 14.6. The number of amides is 2. The average molecular weight is 643 g/mol. The number of piperidine rings is 2. The first-order chi connectivity index (χ1) is 22.0. The van der Waals surface area contributed by atoms with Gasteiger partial charge in [-0.15, -0.1) is 13.2 Å². The van der Waals surface area contributed by atoms with Crippen LogP contribution in [0.15, 0.2) is 66.9 Å². The van der Waals surface area contributed by atoms with E-state index >= 15 is 4.39 Å². The number of methoxy groups -OCH3 is 1. The summed E-state index contributed by atoms with van der Waals surface area (Å²) in [5, 5.41) is 2.71. The number of aromatic nitrogens is 1. The third-order valence-corrected chi connectivity index (χ3v) is 8.28. The lowest BCUT2D eigenvalue weighted by Crippen LogP contribution is -2.52. The Bertz CT molecular complexity index is 1510. The van der Waals surface area contributed by atoms with Crippen LogP contribution in [0.2, 0.25) is 0 Å². The highest BCUT2D eigenvalue weighted by molar-refractivity contribution is 5.99. The Morgan fingerprint density at radius 3 is 2.13 bits per heavy atom. The van der Waals surface area contributed by atoms with Crippen LogP contribution >= 0.6 is 0 Å². The summed E-state index contributed by atoms with van der Waals surface area (Å²) < 4.78 is 61.1. The Morgan fingerprint density at radius 2 is 1.54 bits per heavy atom. The molecule has 0 unspecified atom stereocenters. The Hall–Kier alpha value is -4.52. The van der Waals surface area contributed by atoms with E-state index in [2.05, 4.69) is 15.0 Å². The highest BCUT2D eigenvalue weighted by Crippen LogP contribution is 2.26. The van der Waals surface area contributed by atoms with E-state index in [0.29, 0.717) is 62.3 Å². The van der Waals surface area contributed by atoms with E-state index in [1.807, 2.05) is 4.90 Å². The van der Waals surface area contributed by atoms with Gasteiger partial charge in [-0.05, 0) is 73.4 Å². The van der Waals surface area contributed by atoms with E-state index in [-0.39, 0.29) is 41.2 Å². The van der Waals surface area contributed by atoms with Crippen LogP contribution in [0.25, 0.3) is 0 Å². The molecule has 2 saturated heterocycles. The summed E-state index contributed by atoms with van der Waals surface area (Å²) in [4.78, 5) is 46.4. The fraction of sp³-hybridized carbons (Fsp3) is 0.394. The summed E-state index contributed by atoms with van der Waals surface area (Å²) >= 11 is 0. The van der Waals surface area contributed by atoms with Gasteiger partial charge in [-0.25, -0.2) is 4.39 Å². The molecule has 1 N–H and O–H groups in total. The molecular formula is C33H34F4N4O5. The van der Waals surface area contributed by atoms with Crippen LogP contribution in [0, 0.1) is 5.92 Å². The van der Waals surface area contributed by atoms with Gasteiger partial charge in [0.25, 0.3) is 11.8 Å². The topological polar surface area (TPSA) is 101 Å². The number of nitrogens with zero attached hydrogens (tertiary/aromatic N) is 3. The van der Waals surface area contributed by atoms with Gasteiger partial charge in [0.05, 0.1) is 18.7 Å². The van der Waals surface area contributed by atoms with Crippen molar-refractivity contribution in [3.05, 3.63) is 89.2 Å². The van der Waals surface area contributed by atoms with Crippen molar-refractivity contribution in [2.24, 2.45) is 5.92 Å². The number of benzene rings is 2. The predicted molar refractivity (Wildman–Crippen MR) is 159 cm³/mol. The number of Topliss-reactive ketones (excluding diaryl/α,β-unsaturated/α-hetero) is 1. The van der Waals surface area contributed by atoms with Crippen LogP contribution < -0.4 is 14.8 Å². The lowest BCUT2D eigenvalue weighted by atomic mass is 9.88. The molecule has 0 saturated carbocycles. The molecule has 2 amide bonds. The zero-order valence-corrected chi connectivity index (χ0v) is 25.1. The molecule has 46 heavy (non-hydrogen) atoms. The standard InChI is InChI=1S/C33H34F4N4O5/c1-45-25-9-4-22(5-10-25)30(42)23-12-16-41(17-13-23)32(44)29-11-6-24(18-38-29)31(43)39-28-14-15-40(20-27(28)34)19-21-2-7-26(8-3-21)46-33(35,36)37/h2-11,18,23,27-28H,12-17,19-20H2,1H3,(H,39,43)/t27-,28-/m0/s1. The molecule has 3 aromatic rings. The number of rotatable bonds is 9. The van der Waals surface area contributed by atoms with Crippen LogP contribution in [0.1, 0.15) is 56.0 Å². The molecule has 0 aliphatic carbocycles. The summed E-state index contributed by atoms with van der Waals surface area (Å²) in [6.45, 7) is 1.66. The van der Waals surface area contributed by atoms with E-state index in [1.54, 1.807) is 36.3 Å². The van der Waals surface area contributed by atoms with Crippen LogP contribution in [0.3, 0.4) is 0 Å². The number of carbonyl (C=O) groups is 3. The van der Waals surface area contributed by atoms with Gasteiger partial charge in [0, 0.05) is 50.4 Å². The fourth-order valence-corrected chi connectivity index (χ4v) is 5.73. The van der Waals surface area contributed by atoms with Gasteiger partial charge in [0.2, 0.25) is 0 Å². The Morgan fingerprint density at radius 1 is 0.891 bits per heavy atom. The van der Waals surface area contributed by atoms with Crippen molar-refractivity contribution in [1.82, 2.24) is 20.1 Å². The zero-order chi connectivity index (χ0) is 32.8. The van der Waals surface area contributed by atoms with Crippen molar-refractivity contribution in [3.63, 3.8) is 0 Å². The number of halogens is 4. The van der Waals surface area contributed by atoms with Crippen LogP contribution in [0.5, 0.6) is 11.5 Å². The number of ketones is 1. The lowest BCUT2D eigenvalue weighted by molar-refractivity contribution is -0.274. The smallest absolute Gasteiger partial charge is 0.497 e. The van der Waals surface area contributed by atoms with Crippen molar-refractivity contribution in [2.75, 3.05) is 33.3 Å². The normalized spacial score (nSPS) is 19.4. The highest BCUT2D eigenvalue weighted by atomic mass is 19.4. The van der Waals surface area contributed by atoms with Gasteiger partial charge in [0.15, 0.2) is 5.78 Å². The van der Waals surface area contributed by atoms with Gasteiger partial charge in [-0.1, -0.05) is 12.1 Å². The molecule has 13 heteroatoms. The minimum Gasteiger partial charge on any atom is -0.497 e. The lowest BCUT2D eigenvalue weighted by Gasteiger charge is -2.35. The third-order valence-electron chi connectivity index (χ3n) is 8.28. The second kappa shape index (κ2) is 14.3. The van der Waals surface area contributed by atoms with Gasteiger partial charge in [0.1, 0.15) is 23.4 Å². The van der Waals surface area contributed by atoms with Crippen molar-refractivity contribution < 1.29 is 41.4 Å². The molecule has 3 heterocycles. The number of alkyl halides is 4. The molecule has 0 radical (unpaired) electrons. The first-order valence-corrected chi connectivity index (χ1v) is 14.9. The molecule has 2 aliphatic rings. The summed E-state index contributed by atoms with van der Waals surface area (Å²) in [5.74, 6) is -0.598. The Balaban J connectivity index is 1.07. The van der Waals surface area contributed by atoms with Crippen LogP contribution in [-0.4, -0.2) is 84.2 Å². The molecule has 2 aliphatic heterocycles. The summed E-state index contributed by atoms with van der Waals surface area (Å²) in [7, 11) is 1.56. The number of ether oxygens (including phenoxy) is 2. The van der Waals surface area contributed by atoms with E-state index in [0.717, 1.165) is 0 Å². The van der Waals surface area contributed by atoms with Crippen LogP contribution in [0.4, 0.5) is 17.6 Å². The molecule has 0 spiro atoms. The molecule has 5 rings (SSSR count). The SMILES string of the molecule is COc1ccc(C(=O)C2CCN(C(=O)c3ccc(C(=O)N[C@H]4CCN(Cc5ccc(OC(F)(F)F)cc5)C[C@@H]4F)cn3)CC2)cc1. The molecule has 244 valence electrons. The number of hydrogen-bond acceptors (Lipinski definition) is 7. The highest BCUT2D eigenvalue weighted by Gasteiger charge is 2.33. The molecule has 2 aromatic carbocycles. The monoisotopic (exact) mass is 642 g/mol. The van der Waals surface area contributed by atoms with Crippen LogP contribution in [-0.2, 0) is 6.54 Å². The number of pyridine rings is 1. The van der Waals surface area contributed by atoms with Crippen molar-refractivity contribution in [3.8, 4) is 11.5 Å². The van der Waals surface area contributed by atoms with E-state index in [9.17, 15) is 27.6 Å². The fourth-order valence-electron chi connectivity index (χ4n) is 5.73. The van der Waals surface area contributed by atoms with Crippen molar-refractivity contribution in [2.45, 2.75) is 44.4 Å². The summed E-state index contributed by atoms with van der Waals surface area (Å²) in [5.41, 5.74) is 1.68. The first kappa shape index (κ1) is 32.9. The Labute approximate surface area is 263 Å². The maximum absolute atomic E-state index is 15.0. The molecule has 1 aromatic heterocycles. The molecule has 9 nitrogen and oxygen atoms in total. The van der Waals surface area contributed by atoms with Gasteiger partial charge in [-0.3, -0.25) is 24.3 Å². The van der Waals surface area contributed by atoms with E-state index in [1.165, 1.54) is 42.6 Å². The molecule has 2 fully saturated rings. The molecule has 2 atom stereocenters. The number of hydrogen-bond donors (Lipinski definition) is 1. The quantitative estimate of drug-likeness (QED) is 0.257. The number of nitrogens with one attached hydrogen (secondary N) is 1. The van der Waals surface area contributed by atoms with Crippen molar-refractivity contribution in [1.29, 1.82) is 0 Å². The second-order valence-corrected chi connectivity index (χ2v) is 11.4. The van der Waals surface area contributed by atoms with E-state index in [4.69, 9.17) is 4.74 Å². The first-order valence-electron chi connectivity index (χ1n) is 14.9. The van der Waals surface area contributed by atoms with E-state index < -0.39 is 24.5 Å². The van der Waals surface area contributed by atoms with Gasteiger partial charge >= 0.3 is 6.36 Å². The largest absolute Gasteiger partial charge is 0.573 e.